The third-order valence-corrected chi connectivity index (χ3v) is 1.22. The predicted octanol–water partition coefficient (Wildman–Crippen LogP) is 0.286. The van der Waals surface area contributed by atoms with E-state index in [0.717, 1.165) is 0 Å². The second-order valence-electron chi connectivity index (χ2n) is 2.28. The zero-order valence-electron chi connectivity index (χ0n) is 9.00. The summed E-state index contributed by atoms with van der Waals surface area (Å²) in [5.74, 6) is 0. The Morgan fingerprint density at radius 3 is 1.00 bits per heavy atom. The summed E-state index contributed by atoms with van der Waals surface area (Å²) >= 11 is 0. The van der Waals surface area contributed by atoms with Crippen molar-refractivity contribution in [3.63, 3.8) is 0 Å². The number of hydrogen-bond acceptors (Lipinski definition) is 5. The van der Waals surface area contributed by atoms with E-state index in [1.165, 1.54) is 0 Å². The summed E-state index contributed by atoms with van der Waals surface area (Å²) in [6.45, 7) is 2.76. The third kappa shape index (κ3) is 24.1. The minimum absolute atomic E-state index is 0. The van der Waals surface area contributed by atoms with Crippen LogP contribution in [0.1, 0.15) is 0 Å². The van der Waals surface area contributed by atoms with Crippen molar-refractivity contribution >= 4 is 37.2 Å². The summed E-state index contributed by atoms with van der Waals surface area (Å²) in [5.41, 5.74) is 0. The van der Waals surface area contributed by atoms with Gasteiger partial charge in [0.05, 0.1) is 52.9 Å². The number of aliphatic hydroxyl groups is 2. The highest BCUT2D eigenvalue weighted by atomic mass is 35.5. The molecule has 0 heterocycles. The highest BCUT2D eigenvalue weighted by Crippen LogP contribution is 1.80. The highest BCUT2D eigenvalue weighted by Gasteiger charge is 1.89. The first-order valence-corrected chi connectivity index (χ1v) is 4.36. The van der Waals surface area contributed by atoms with Gasteiger partial charge in [-0.15, -0.1) is 37.2 Å². The van der Waals surface area contributed by atoms with E-state index in [2.05, 4.69) is 0 Å². The molecule has 0 aromatic carbocycles. The molecule has 0 spiro atoms. The van der Waals surface area contributed by atoms with Crippen molar-refractivity contribution in [3.05, 3.63) is 0 Å². The van der Waals surface area contributed by atoms with E-state index in [4.69, 9.17) is 24.4 Å². The van der Waals surface area contributed by atoms with E-state index >= 15 is 0 Å². The molecule has 0 fully saturated rings. The van der Waals surface area contributed by atoms with Gasteiger partial charge < -0.3 is 24.4 Å². The molecule has 0 amide bonds. The molecular weight excluding hydrogens is 282 g/mol. The number of ether oxygens (including phenoxy) is 3. The minimum atomic E-state index is 0. The molecule has 0 aliphatic rings. The van der Waals surface area contributed by atoms with E-state index in [-0.39, 0.29) is 50.4 Å². The second kappa shape index (κ2) is 24.8. The van der Waals surface area contributed by atoms with Crippen LogP contribution in [0, 0.1) is 0 Å². The molecule has 0 aliphatic carbocycles. The van der Waals surface area contributed by atoms with Crippen LogP contribution in [0.5, 0.6) is 0 Å². The van der Waals surface area contributed by atoms with Gasteiger partial charge in [0.2, 0.25) is 0 Å². The molecule has 8 heteroatoms. The minimum Gasteiger partial charge on any atom is -0.394 e. The topological polar surface area (TPSA) is 68.2 Å². The molecule has 0 unspecified atom stereocenters. The Kier molecular flexibility index (Phi) is 39.5. The van der Waals surface area contributed by atoms with Crippen molar-refractivity contribution in [2.75, 3.05) is 52.9 Å². The van der Waals surface area contributed by atoms with E-state index in [9.17, 15) is 0 Å². The number of hydrogen-bond donors (Lipinski definition) is 2. The van der Waals surface area contributed by atoms with E-state index < -0.39 is 0 Å². The molecule has 0 bridgehead atoms. The molecule has 0 saturated heterocycles. The van der Waals surface area contributed by atoms with Crippen LogP contribution in [-0.4, -0.2) is 63.1 Å². The van der Waals surface area contributed by atoms with Gasteiger partial charge in [0.15, 0.2) is 0 Å². The predicted molar refractivity (Wildman–Crippen MR) is 68.4 cm³/mol. The maximum atomic E-state index is 8.36. The zero-order valence-corrected chi connectivity index (χ0v) is 11.5. The Hall–Kier alpha value is 0.670. The van der Waals surface area contributed by atoms with Gasteiger partial charge >= 0.3 is 0 Å². The van der Waals surface area contributed by atoms with Crippen LogP contribution in [0.15, 0.2) is 0 Å². The molecule has 5 nitrogen and oxygen atoms in total. The van der Waals surface area contributed by atoms with Crippen LogP contribution in [0.2, 0.25) is 0 Å². The lowest BCUT2D eigenvalue weighted by Gasteiger charge is -2.04. The van der Waals surface area contributed by atoms with Crippen LogP contribution >= 0.6 is 37.2 Å². The molecule has 0 aromatic rings. The molecule has 104 valence electrons. The van der Waals surface area contributed by atoms with Gasteiger partial charge in [-0.3, -0.25) is 0 Å². The summed E-state index contributed by atoms with van der Waals surface area (Å²) in [4.78, 5) is 0. The van der Waals surface area contributed by atoms with E-state index in [1.54, 1.807) is 0 Å². The van der Waals surface area contributed by atoms with Gasteiger partial charge in [-0.05, 0) is 0 Å². The molecular formula is C8H21Cl3O5. The van der Waals surface area contributed by atoms with Gasteiger partial charge in [0.1, 0.15) is 0 Å². The second-order valence-corrected chi connectivity index (χ2v) is 2.28. The fraction of sp³-hybridized carbons (Fsp3) is 1.00. The van der Waals surface area contributed by atoms with E-state index in [1.807, 2.05) is 0 Å². The molecule has 0 rings (SSSR count). The Morgan fingerprint density at radius 1 is 0.500 bits per heavy atom. The molecule has 0 aliphatic heterocycles. The first-order chi connectivity index (χ1) is 6.41. The summed E-state index contributed by atoms with van der Waals surface area (Å²) in [6.07, 6.45) is 0. The highest BCUT2D eigenvalue weighted by molar-refractivity contribution is 5.86. The maximum Gasteiger partial charge on any atom is 0.0701 e. The maximum absolute atomic E-state index is 8.36. The van der Waals surface area contributed by atoms with Gasteiger partial charge in [-0.25, -0.2) is 0 Å². The summed E-state index contributed by atoms with van der Waals surface area (Å²) in [6, 6.07) is 0. The van der Waals surface area contributed by atoms with Crippen molar-refractivity contribution in [2.24, 2.45) is 0 Å². The number of halogens is 3. The van der Waals surface area contributed by atoms with Crippen LogP contribution in [-0.2, 0) is 14.2 Å². The van der Waals surface area contributed by atoms with Crippen molar-refractivity contribution in [3.8, 4) is 0 Å². The molecule has 0 radical (unpaired) electrons. The Labute approximate surface area is 115 Å². The summed E-state index contributed by atoms with van der Waals surface area (Å²) < 4.78 is 15.0. The Bertz CT molecular complexity index is 89.7. The van der Waals surface area contributed by atoms with Crippen LogP contribution < -0.4 is 0 Å². The summed E-state index contributed by atoms with van der Waals surface area (Å²) in [7, 11) is 0. The Morgan fingerprint density at radius 2 is 0.750 bits per heavy atom. The van der Waals surface area contributed by atoms with Crippen LogP contribution in [0.3, 0.4) is 0 Å². The smallest absolute Gasteiger partial charge is 0.0701 e. The number of rotatable bonds is 10. The summed E-state index contributed by atoms with van der Waals surface area (Å²) in [5, 5.41) is 16.7. The SMILES string of the molecule is Cl.Cl.Cl.OCCOCCOCCOCCO. The fourth-order valence-corrected chi connectivity index (χ4v) is 0.671. The van der Waals surface area contributed by atoms with E-state index in [0.29, 0.717) is 39.6 Å². The average Bonchev–Trinajstić information content (AvgIpc) is 2.16. The quantitative estimate of drug-likeness (QED) is 0.568. The van der Waals surface area contributed by atoms with Gasteiger partial charge in [-0.2, -0.15) is 0 Å². The molecule has 16 heavy (non-hydrogen) atoms. The third-order valence-electron chi connectivity index (χ3n) is 1.22. The zero-order chi connectivity index (χ0) is 9.78. The molecule has 0 saturated carbocycles. The molecule has 0 atom stereocenters. The Balaban J connectivity index is -0.000000240. The first kappa shape index (κ1) is 25.5. The molecule has 0 aromatic heterocycles. The van der Waals surface area contributed by atoms with Gasteiger partial charge in [0, 0.05) is 0 Å². The molecule has 2 N–H and O–H groups in total. The standard InChI is InChI=1S/C8H18O5.3ClH/c9-1-3-11-5-7-13-8-6-12-4-2-10;;;/h9-10H,1-8H2;3*1H. The number of aliphatic hydroxyl groups excluding tert-OH is 2. The lowest BCUT2D eigenvalue weighted by molar-refractivity contribution is 0.00230. The largest absolute Gasteiger partial charge is 0.394 e. The lowest BCUT2D eigenvalue weighted by atomic mass is 10.7. The van der Waals surface area contributed by atoms with Crippen molar-refractivity contribution < 1.29 is 24.4 Å². The monoisotopic (exact) mass is 302 g/mol. The fourth-order valence-electron chi connectivity index (χ4n) is 0.671. The van der Waals surface area contributed by atoms with Crippen molar-refractivity contribution in [1.29, 1.82) is 0 Å². The lowest BCUT2D eigenvalue weighted by Crippen LogP contribution is -2.11. The van der Waals surface area contributed by atoms with Crippen molar-refractivity contribution in [2.45, 2.75) is 0 Å². The van der Waals surface area contributed by atoms with Gasteiger partial charge in [-0.1, -0.05) is 0 Å². The van der Waals surface area contributed by atoms with Gasteiger partial charge in [0.25, 0.3) is 0 Å². The average molecular weight is 304 g/mol. The first-order valence-electron chi connectivity index (χ1n) is 4.36. The van der Waals surface area contributed by atoms with Crippen molar-refractivity contribution in [1.82, 2.24) is 0 Å². The normalized spacial score (nSPS) is 8.62. The van der Waals surface area contributed by atoms with Crippen LogP contribution in [0.25, 0.3) is 0 Å². The van der Waals surface area contributed by atoms with Crippen LogP contribution in [0.4, 0.5) is 0 Å².